The number of H-pyrrole nitrogens is 1. The van der Waals surface area contributed by atoms with Crippen LogP contribution in [0.4, 0.5) is 10.5 Å². The zero-order valence-electron chi connectivity index (χ0n) is 20.2. The Bertz CT molecular complexity index is 1670. The van der Waals surface area contributed by atoms with Crippen LogP contribution in [0.1, 0.15) is 16.7 Å². The normalized spacial score (nSPS) is 12.8. The van der Waals surface area contributed by atoms with Crippen LogP contribution < -0.4 is 20.5 Å². The molecule has 2 amide bonds. The highest BCUT2D eigenvalue weighted by atomic mass is 32.2. The Kier molecular flexibility index (Phi) is 5.83. The number of aromatic amines is 1. The number of amides is 2. The molecular weight excluding hydrogens is 480 g/mol. The summed E-state index contributed by atoms with van der Waals surface area (Å²) in [5.41, 5.74) is 4.64. The van der Waals surface area contributed by atoms with Crippen molar-refractivity contribution in [2.45, 2.75) is 18.8 Å². The minimum Gasteiger partial charge on any atom is -0.497 e. The average molecular weight is 507 g/mol. The van der Waals surface area contributed by atoms with Gasteiger partial charge in [0.25, 0.3) is 5.56 Å². The fourth-order valence-electron chi connectivity index (χ4n) is 4.68. The number of aromatic nitrogens is 2. The average Bonchev–Trinajstić information content (AvgIpc) is 3.21. The minimum atomic E-state index is -3.27. The van der Waals surface area contributed by atoms with Crippen molar-refractivity contribution < 1.29 is 17.9 Å². The summed E-state index contributed by atoms with van der Waals surface area (Å²) in [5, 5.41) is 3.71. The van der Waals surface area contributed by atoms with Gasteiger partial charge >= 0.3 is 6.03 Å². The number of carbonyl (C=O) groups excluding carboxylic acids is 1. The molecule has 0 saturated heterocycles. The molecule has 0 saturated carbocycles. The quantitative estimate of drug-likeness (QED) is 0.431. The summed E-state index contributed by atoms with van der Waals surface area (Å²) in [6.45, 7) is 0.533. The van der Waals surface area contributed by atoms with Gasteiger partial charge in [0.15, 0.2) is 9.84 Å². The van der Waals surface area contributed by atoms with Gasteiger partial charge in [-0.05, 0) is 41.0 Å². The molecule has 0 aliphatic carbocycles. The molecule has 0 bridgehead atoms. The van der Waals surface area contributed by atoms with Crippen molar-refractivity contribution in [2.75, 3.05) is 18.3 Å². The molecule has 1 aliphatic heterocycles. The van der Waals surface area contributed by atoms with Gasteiger partial charge in [0, 0.05) is 48.8 Å². The van der Waals surface area contributed by atoms with Crippen LogP contribution in [0.3, 0.4) is 0 Å². The molecule has 36 heavy (non-hydrogen) atoms. The van der Waals surface area contributed by atoms with Crippen molar-refractivity contribution in [1.82, 2.24) is 14.9 Å². The van der Waals surface area contributed by atoms with Gasteiger partial charge in [-0.15, -0.1) is 0 Å². The van der Waals surface area contributed by atoms with Crippen molar-refractivity contribution in [1.29, 1.82) is 0 Å². The lowest BCUT2D eigenvalue weighted by Gasteiger charge is -2.24. The van der Waals surface area contributed by atoms with Crippen molar-refractivity contribution in [3.8, 4) is 16.9 Å². The monoisotopic (exact) mass is 506 g/mol. The molecular formula is C26H26N4O5S. The van der Waals surface area contributed by atoms with Crippen molar-refractivity contribution in [3.05, 3.63) is 81.9 Å². The lowest BCUT2D eigenvalue weighted by Crippen LogP contribution is -2.39. The molecule has 0 atom stereocenters. The third kappa shape index (κ3) is 4.35. The summed E-state index contributed by atoms with van der Waals surface area (Å²) in [6, 6.07) is 12.4. The molecule has 10 heteroatoms. The van der Waals surface area contributed by atoms with Gasteiger partial charge in [-0.2, -0.15) is 0 Å². The lowest BCUT2D eigenvalue weighted by atomic mass is 9.99. The first-order valence-corrected chi connectivity index (χ1v) is 13.4. The molecule has 5 rings (SSSR count). The highest BCUT2D eigenvalue weighted by Gasteiger charge is 2.28. The number of fused-ring (bicyclic) bond motifs is 2. The summed E-state index contributed by atoms with van der Waals surface area (Å²) in [5.74, 6) is 0.573. The lowest BCUT2D eigenvalue weighted by molar-refractivity contribution is 0.245. The van der Waals surface area contributed by atoms with Crippen LogP contribution in [0.15, 0.2) is 59.7 Å². The van der Waals surface area contributed by atoms with Gasteiger partial charge in [0.05, 0.1) is 25.1 Å². The summed E-state index contributed by atoms with van der Waals surface area (Å²) in [4.78, 5) is 31.0. The molecule has 2 aromatic heterocycles. The van der Waals surface area contributed by atoms with E-state index >= 15 is 0 Å². The van der Waals surface area contributed by atoms with E-state index < -0.39 is 9.84 Å². The number of nitrogens with one attached hydrogen (secondary N) is 2. The third-order valence-electron chi connectivity index (χ3n) is 6.31. The Morgan fingerprint density at radius 2 is 1.94 bits per heavy atom. The number of sulfone groups is 1. The zero-order chi connectivity index (χ0) is 25.6. The third-order valence-corrected chi connectivity index (χ3v) is 7.17. The van der Waals surface area contributed by atoms with Gasteiger partial charge < -0.3 is 19.6 Å². The second-order valence-corrected chi connectivity index (χ2v) is 11.2. The van der Waals surface area contributed by atoms with E-state index in [2.05, 4.69) is 10.3 Å². The molecule has 1 aliphatic rings. The maximum Gasteiger partial charge on any atom is 0.322 e. The standard InChI is InChI=1S/C26H26N4O5S/c1-29-14-21-20-10-17(15-36(3,33)34)7-8-22(20)30(13-18-12-27-24(23(18)21)25(29)31)26(32)28-11-16-5-4-6-19(9-16)35-2/h4-10,12,14,27H,11,13,15H2,1-3H3,(H,28,32). The molecule has 4 aromatic rings. The summed E-state index contributed by atoms with van der Waals surface area (Å²) >= 11 is 0. The van der Waals surface area contributed by atoms with Crippen molar-refractivity contribution in [3.63, 3.8) is 0 Å². The second kappa shape index (κ2) is 8.87. The van der Waals surface area contributed by atoms with E-state index in [9.17, 15) is 18.0 Å². The highest BCUT2D eigenvalue weighted by molar-refractivity contribution is 7.89. The first-order chi connectivity index (χ1) is 17.1. The van der Waals surface area contributed by atoms with Crippen LogP contribution in [0, 0.1) is 0 Å². The molecule has 3 heterocycles. The Morgan fingerprint density at radius 1 is 1.14 bits per heavy atom. The van der Waals surface area contributed by atoms with E-state index in [0.29, 0.717) is 34.6 Å². The topological polar surface area (TPSA) is 114 Å². The summed E-state index contributed by atoms with van der Waals surface area (Å²) in [7, 11) is -0.00989. The Balaban J connectivity index is 1.60. The number of aryl methyl sites for hydroxylation is 1. The largest absolute Gasteiger partial charge is 0.497 e. The molecule has 0 fully saturated rings. The maximum atomic E-state index is 13.5. The van der Waals surface area contributed by atoms with Crippen LogP contribution in [0.25, 0.3) is 22.0 Å². The molecule has 2 aromatic carbocycles. The fraction of sp³-hybridized carbons (Fsp3) is 0.231. The number of urea groups is 1. The van der Waals surface area contributed by atoms with E-state index in [4.69, 9.17) is 4.74 Å². The number of ether oxygens (including phenoxy) is 1. The second-order valence-electron chi connectivity index (χ2n) is 9.04. The number of benzene rings is 2. The van der Waals surface area contributed by atoms with Gasteiger partial charge in [0.2, 0.25) is 0 Å². The van der Waals surface area contributed by atoms with E-state index in [-0.39, 0.29) is 23.9 Å². The van der Waals surface area contributed by atoms with Crippen LogP contribution in [-0.4, -0.2) is 37.4 Å². The van der Waals surface area contributed by atoms with Crippen LogP contribution in [0.2, 0.25) is 0 Å². The molecule has 0 radical (unpaired) electrons. The number of anilines is 1. The predicted octanol–water partition coefficient (Wildman–Crippen LogP) is 3.32. The van der Waals surface area contributed by atoms with E-state index in [1.54, 1.807) is 49.7 Å². The summed E-state index contributed by atoms with van der Waals surface area (Å²) in [6.07, 6.45) is 4.68. The van der Waals surface area contributed by atoms with Gasteiger partial charge in [-0.25, -0.2) is 13.2 Å². The number of hydrogen-bond donors (Lipinski definition) is 2. The van der Waals surface area contributed by atoms with E-state index in [0.717, 1.165) is 22.1 Å². The number of hydrogen-bond acceptors (Lipinski definition) is 5. The van der Waals surface area contributed by atoms with Crippen molar-refractivity contribution >= 4 is 32.5 Å². The SMILES string of the molecule is COc1cccc(CNC(=O)N2Cc3c[nH]c4c(=O)n(C)cc(c34)-c3cc(CS(C)(=O)=O)ccc32)c1. The first kappa shape index (κ1) is 23.7. The van der Waals surface area contributed by atoms with E-state index in [1.807, 2.05) is 24.3 Å². The van der Waals surface area contributed by atoms with Crippen LogP contribution >= 0.6 is 0 Å². The molecule has 9 nitrogen and oxygen atoms in total. The molecule has 186 valence electrons. The van der Waals surface area contributed by atoms with Gasteiger partial charge in [0.1, 0.15) is 11.3 Å². The Morgan fingerprint density at radius 3 is 2.69 bits per heavy atom. The smallest absolute Gasteiger partial charge is 0.322 e. The fourth-order valence-corrected chi connectivity index (χ4v) is 5.47. The number of methoxy groups -OCH3 is 1. The zero-order valence-corrected chi connectivity index (χ0v) is 21.0. The first-order valence-electron chi connectivity index (χ1n) is 11.3. The van der Waals surface area contributed by atoms with Gasteiger partial charge in [-0.1, -0.05) is 18.2 Å². The number of carbonyl (C=O) groups is 1. The highest BCUT2D eigenvalue weighted by Crippen LogP contribution is 2.41. The molecule has 2 N–H and O–H groups in total. The van der Waals surface area contributed by atoms with Crippen LogP contribution in [0.5, 0.6) is 5.75 Å². The maximum absolute atomic E-state index is 13.5. The van der Waals surface area contributed by atoms with Gasteiger partial charge in [-0.3, -0.25) is 9.69 Å². The predicted molar refractivity (Wildman–Crippen MR) is 139 cm³/mol. The molecule has 0 unspecified atom stereocenters. The Labute approximate surface area is 208 Å². The number of nitrogens with zero attached hydrogens (tertiary/aromatic N) is 2. The Hall–Kier alpha value is -4.05. The van der Waals surface area contributed by atoms with Crippen molar-refractivity contribution in [2.24, 2.45) is 7.05 Å². The molecule has 0 spiro atoms. The summed E-state index contributed by atoms with van der Waals surface area (Å²) < 4.78 is 30.7. The number of rotatable bonds is 5. The van der Waals surface area contributed by atoms with E-state index in [1.165, 1.54) is 10.8 Å². The van der Waals surface area contributed by atoms with Crippen LogP contribution in [-0.2, 0) is 35.7 Å². The minimum absolute atomic E-state index is 0.128. The number of pyridine rings is 1.